The highest BCUT2D eigenvalue weighted by molar-refractivity contribution is 7.99. The zero-order valence-electron chi connectivity index (χ0n) is 10.7. The molecule has 0 fully saturated rings. The Bertz CT molecular complexity index is 457. The summed E-state index contributed by atoms with van der Waals surface area (Å²) in [6.45, 7) is 4.24. The zero-order chi connectivity index (χ0) is 13.6. The van der Waals surface area contributed by atoms with E-state index < -0.39 is 10.0 Å². The molecular formula is C11H20N2O2S3. The Morgan fingerprint density at radius 3 is 2.89 bits per heavy atom. The Kier molecular flexibility index (Phi) is 6.65. The SMILES string of the molecule is CCSCCC(C)NS(=O)(=O)c1ccsc1CN. The minimum Gasteiger partial charge on any atom is -0.326 e. The first kappa shape index (κ1) is 16.0. The van der Waals surface area contributed by atoms with Crippen molar-refractivity contribution in [3.63, 3.8) is 0 Å². The number of sulfonamides is 1. The Balaban J connectivity index is 2.65. The van der Waals surface area contributed by atoms with Crippen LogP contribution in [0.15, 0.2) is 16.3 Å². The average Bonchev–Trinajstić information content (AvgIpc) is 2.77. The lowest BCUT2D eigenvalue weighted by Crippen LogP contribution is -2.33. The second-order valence-corrected chi connectivity index (χ2v) is 8.00. The van der Waals surface area contributed by atoms with E-state index in [-0.39, 0.29) is 12.6 Å². The van der Waals surface area contributed by atoms with Gasteiger partial charge in [0.2, 0.25) is 10.0 Å². The summed E-state index contributed by atoms with van der Waals surface area (Å²) in [5.41, 5.74) is 5.54. The summed E-state index contributed by atoms with van der Waals surface area (Å²) in [7, 11) is -3.42. The smallest absolute Gasteiger partial charge is 0.241 e. The monoisotopic (exact) mass is 308 g/mol. The van der Waals surface area contributed by atoms with Crippen LogP contribution in [0.2, 0.25) is 0 Å². The van der Waals surface area contributed by atoms with Gasteiger partial charge in [0.25, 0.3) is 0 Å². The van der Waals surface area contributed by atoms with Crippen LogP contribution in [-0.2, 0) is 16.6 Å². The average molecular weight is 308 g/mol. The van der Waals surface area contributed by atoms with Crippen molar-refractivity contribution < 1.29 is 8.42 Å². The lowest BCUT2D eigenvalue weighted by Gasteiger charge is -2.14. The molecule has 0 bridgehead atoms. The number of hydrogen-bond acceptors (Lipinski definition) is 5. The van der Waals surface area contributed by atoms with Crippen molar-refractivity contribution >= 4 is 33.1 Å². The molecule has 18 heavy (non-hydrogen) atoms. The van der Waals surface area contributed by atoms with E-state index in [1.165, 1.54) is 11.3 Å². The molecule has 4 nitrogen and oxygen atoms in total. The van der Waals surface area contributed by atoms with Crippen LogP contribution in [0.1, 0.15) is 25.1 Å². The van der Waals surface area contributed by atoms with Gasteiger partial charge < -0.3 is 5.73 Å². The van der Waals surface area contributed by atoms with Gasteiger partial charge in [-0.2, -0.15) is 11.8 Å². The van der Waals surface area contributed by atoms with Gasteiger partial charge in [-0.05, 0) is 36.3 Å². The van der Waals surface area contributed by atoms with Crippen molar-refractivity contribution in [1.29, 1.82) is 0 Å². The number of nitrogens with one attached hydrogen (secondary N) is 1. The van der Waals surface area contributed by atoms with Crippen molar-refractivity contribution in [1.82, 2.24) is 4.72 Å². The zero-order valence-corrected chi connectivity index (χ0v) is 13.1. The molecule has 104 valence electrons. The molecule has 1 heterocycles. The van der Waals surface area contributed by atoms with Crippen molar-refractivity contribution in [2.45, 2.75) is 37.8 Å². The van der Waals surface area contributed by atoms with Gasteiger partial charge in [-0.1, -0.05) is 6.92 Å². The molecule has 3 N–H and O–H groups in total. The van der Waals surface area contributed by atoms with Crippen LogP contribution in [0.4, 0.5) is 0 Å². The van der Waals surface area contributed by atoms with Gasteiger partial charge in [-0.25, -0.2) is 13.1 Å². The molecule has 1 unspecified atom stereocenters. The van der Waals surface area contributed by atoms with Crippen LogP contribution in [0, 0.1) is 0 Å². The third kappa shape index (κ3) is 4.55. The molecule has 0 spiro atoms. The van der Waals surface area contributed by atoms with E-state index in [2.05, 4.69) is 11.6 Å². The van der Waals surface area contributed by atoms with Crippen molar-refractivity contribution in [2.24, 2.45) is 5.73 Å². The second kappa shape index (κ2) is 7.49. The van der Waals surface area contributed by atoms with Crippen LogP contribution in [0.25, 0.3) is 0 Å². The van der Waals surface area contributed by atoms with Crippen LogP contribution in [-0.4, -0.2) is 26.0 Å². The minimum absolute atomic E-state index is 0.0559. The molecule has 0 aliphatic rings. The van der Waals surface area contributed by atoms with Crippen molar-refractivity contribution in [3.05, 3.63) is 16.3 Å². The molecule has 0 aliphatic carbocycles. The lowest BCUT2D eigenvalue weighted by atomic mass is 10.3. The summed E-state index contributed by atoms with van der Waals surface area (Å²) in [5.74, 6) is 2.02. The molecule has 1 rings (SSSR count). The van der Waals surface area contributed by atoms with Gasteiger partial charge in [0.1, 0.15) is 0 Å². The summed E-state index contributed by atoms with van der Waals surface area (Å²) >= 11 is 3.19. The molecule has 7 heteroatoms. The third-order valence-electron chi connectivity index (χ3n) is 2.44. The molecule has 1 aromatic heterocycles. The van der Waals surface area contributed by atoms with Gasteiger partial charge in [-0.15, -0.1) is 11.3 Å². The minimum atomic E-state index is -3.42. The third-order valence-corrected chi connectivity index (χ3v) is 6.11. The van der Waals surface area contributed by atoms with Gasteiger partial charge in [0, 0.05) is 17.5 Å². The molecule has 1 atom stereocenters. The van der Waals surface area contributed by atoms with Gasteiger partial charge in [0.15, 0.2) is 0 Å². The maximum Gasteiger partial charge on any atom is 0.241 e. The van der Waals surface area contributed by atoms with E-state index in [4.69, 9.17) is 5.73 Å². The summed E-state index contributed by atoms with van der Waals surface area (Å²) in [6.07, 6.45) is 0.833. The van der Waals surface area contributed by atoms with Crippen LogP contribution in [0.3, 0.4) is 0 Å². The predicted molar refractivity (Wildman–Crippen MR) is 79.6 cm³/mol. The highest BCUT2D eigenvalue weighted by Crippen LogP contribution is 2.21. The Morgan fingerprint density at radius 2 is 2.28 bits per heavy atom. The van der Waals surface area contributed by atoms with Crippen LogP contribution >= 0.6 is 23.1 Å². The number of thioether (sulfide) groups is 1. The summed E-state index contributed by atoms with van der Waals surface area (Å²) in [6, 6.07) is 1.56. The molecule has 0 saturated carbocycles. The largest absolute Gasteiger partial charge is 0.326 e. The topological polar surface area (TPSA) is 72.2 Å². The molecule has 0 saturated heterocycles. The molecule has 0 aromatic carbocycles. The molecule has 0 radical (unpaired) electrons. The fraction of sp³-hybridized carbons (Fsp3) is 0.636. The van der Waals surface area contributed by atoms with E-state index >= 15 is 0 Å². The first-order valence-corrected chi connectivity index (χ1v) is 9.39. The fourth-order valence-corrected chi connectivity index (χ4v) is 4.93. The highest BCUT2D eigenvalue weighted by atomic mass is 32.2. The Morgan fingerprint density at radius 1 is 1.56 bits per heavy atom. The first-order chi connectivity index (χ1) is 8.51. The number of hydrogen-bond donors (Lipinski definition) is 2. The highest BCUT2D eigenvalue weighted by Gasteiger charge is 2.21. The second-order valence-electron chi connectivity index (χ2n) is 3.92. The molecule has 1 aromatic rings. The molecular weight excluding hydrogens is 288 g/mol. The van der Waals surface area contributed by atoms with E-state index in [0.717, 1.165) is 17.9 Å². The van der Waals surface area contributed by atoms with Gasteiger partial charge in [0.05, 0.1) is 4.90 Å². The van der Waals surface area contributed by atoms with Gasteiger partial charge >= 0.3 is 0 Å². The van der Waals surface area contributed by atoms with Crippen LogP contribution < -0.4 is 10.5 Å². The van der Waals surface area contributed by atoms with Crippen LogP contribution in [0.5, 0.6) is 0 Å². The maximum atomic E-state index is 12.1. The first-order valence-electron chi connectivity index (χ1n) is 5.87. The number of rotatable bonds is 8. The quantitative estimate of drug-likeness (QED) is 0.721. The van der Waals surface area contributed by atoms with E-state index in [1.807, 2.05) is 18.7 Å². The Labute approximate surface area is 117 Å². The number of thiophene rings is 1. The molecule has 0 aliphatic heterocycles. The van der Waals surface area contributed by atoms with E-state index in [0.29, 0.717) is 9.77 Å². The number of nitrogens with two attached hydrogens (primary N) is 1. The molecule has 0 amide bonds. The maximum absolute atomic E-state index is 12.1. The van der Waals surface area contributed by atoms with E-state index in [1.54, 1.807) is 11.4 Å². The van der Waals surface area contributed by atoms with Gasteiger partial charge in [-0.3, -0.25) is 0 Å². The van der Waals surface area contributed by atoms with Crippen molar-refractivity contribution in [3.8, 4) is 0 Å². The predicted octanol–water partition coefficient (Wildman–Crippen LogP) is 2.02. The summed E-state index contributed by atoms with van der Waals surface area (Å²) in [5, 5.41) is 1.76. The Hall–Kier alpha value is -0.0800. The normalized spacial score (nSPS) is 13.7. The summed E-state index contributed by atoms with van der Waals surface area (Å²) in [4.78, 5) is 1.03. The van der Waals surface area contributed by atoms with E-state index in [9.17, 15) is 8.42 Å². The standard InChI is InChI=1S/C11H20N2O2S3/c1-3-16-6-4-9(2)13-18(14,15)11-5-7-17-10(11)8-12/h5,7,9,13H,3-4,6,8,12H2,1-2H3. The summed E-state index contributed by atoms with van der Waals surface area (Å²) < 4.78 is 27.0. The van der Waals surface area contributed by atoms with Crippen molar-refractivity contribution in [2.75, 3.05) is 11.5 Å². The lowest BCUT2D eigenvalue weighted by molar-refractivity contribution is 0.556. The fourth-order valence-electron chi connectivity index (χ4n) is 1.51.